The van der Waals surface area contributed by atoms with E-state index >= 15 is 0 Å². The molecule has 1 amide bonds. The molecule has 0 bridgehead atoms. The van der Waals surface area contributed by atoms with E-state index in [0.29, 0.717) is 12.5 Å². The number of rotatable bonds is 4. The molecule has 0 aromatic carbocycles. The molecule has 1 saturated carbocycles. The van der Waals surface area contributed by atoms with Gasteiger partial charge in [0, 0.05) is 5.92 Å². The van der Waals surface area contributed by atoms with Gasteiger partial charge < -0.3 is 10.5 Å². The zero-order valence-corrected chi connectivity index (χ0v) is 7.59. The third-order valence-corrected chi connectivity index (χ3v) is 2.05. The van der Waals surface area contributed by atoms with Crippen LogP contribution in [0, 0.1) is 0 Å². The first kappa shape index (κ1) is 8.92. The van der Waals surface area contributed by atoms with Crippen LogP contribution in [-0.4, -0.2) is 32.9 Å². The second-order valence-electron chi connectivity index (χ2n) is 3.20. The summed E-state index contributed by atoms with van der Waals surface area (Å²) in [7, 11) is 0. The van der Waals surface area contributed by atoms with Crippen molar-refractivity contribution >= 4 is 6.09 Å². The van der Waals surface area contributed by atoms with Crippen LogP contribution in [0.5, 0.6) is 0 Å². The van der Waals surface area contributed by atoms with Crippen molar-refractivity contribution in [2.24, 2.45) is 5.73 Å². The monoisotopic (exact) mass is 197 g/mol. The summed E-state index contributed by atoms with van der Waals surface area (Å²) in [5.41, 5.74) is 4.82. The van der Waals surface area contributed by atoms with E-state index in [0.717, 1.165) is 18.7 Å². The number of carbonyl (C=O) groups excluding carboxylic acids is 1. The fourth-order valence-electron chi connectivity index (χ4n) is 1.24. The first-order valence-electron chi connectivity index (χ1n) is 4.45. The molecular weight excluding hydrogens is 186 g/mol. The van der Waals surface area contributed by atoms with E-state index in [2.05, 4.69) is 20.3 Å². The van der Waals surface area contributed by atoms with Gasteiger partial charge in [0.15, 0.2) is 5.82 Å². The van der Waals surface area contributed by atoms with Crippen LogP contribution in [0.15, 0.2) is 0 Å². The summed E-state index contributed by atoms with van der Waals surface area (Å²) in [4.78, 5) is 10.3. The van der Waals surface area contributed by atoms with Gasteiger partial charge in [-0.1, -0.05) is 0 Å². The molecule has 76 valence electrons. The molecule has 1 aliphatic carbocycles. The summed E-state index contributed by atoms with van der Waals surface area (Å²) >= 11 is 0. The highest BCUT2D eigenvalue weighted by Gasteiger charge is 2.29. The molecule has 0 saturated heterocycles. The maximum atomic E-state index is 10.3. The molecular formula is C7H11N5O2. The highest BCUT2D eigenvalue weighted by atomic mass is 16.5. The van der Waals surface area contributed by atoms with Crippen molar-refractivity contribution in [2.75, 3.05) is 6.61 Å². The molecule has 1 fully saturated rings. The fraction of sp³-hybridized carbons (Fsp3) is 0.714. The topological polar surface area (TPSA) is 95.9 Å². The molecule has 1 aromatic heterocycles. The maximum absolute atomic E-state index is 10.3. The Labute approximate surface area is 80.2 Å². The van der Waals surface area contributed by atoms with E-state index in [1.165, 1.54) is 0 Å². The number of tetrazole rings is 1. The average molecular weight is 197 g/mol. The van der Waals surface area contributed by atoms with Crippen molar-refractivity contribution in [1.29, 1.82) is 0 Å². The predicted molar refractivity (Wildman–Crippen MR) is 45.3 cm³/mol. The highest BCUT2D eigenvalue weighted by Crippen LogP contribution is 2.38. The van der Waals surface area contributed by atoms with Crippen molar-refractivity contribution in [1.82, 2.24) is 20.2 Å². The van der Waals surface area contributed by atoms with Crippen molar-refractivity contribution < 1.29 is 9.53 Å². The Morgan fingerprint density at radius 2 is 2.43 bits per heavy atom. The van der Waals surface area contributed by atoms with Crippen LogP contribution < -0.4 is 5.73 Å². The Morgan fingerprint density at radius 1 is 1.64 bits per heavy atom. The largest absolute Gasteiger partial charge is 0.448 e. The highest BCUT2D eigenvalue weighted by molar-refractivity contribution is 5.64. The molecule has 0 radical (unpaired) electrons. The lowest BCUT2D eigenvalue weighted by Crippen LogP contribution is -2.18. The first-order chi connectivity index (χ1) is 6.77. The lowest BCUT2D eigenvalue weighted by molar-refractivity contribution is 0.150. The molecule has 0 spiro atoms. The number of hydrogen-bond acceptors (Lipinski definition) is 5. The number of primary amides is 1. The maximum Gasteiger partial charge on any atom is 0.404 e. The zero-order chi connectivity index (χ0) is 9.97. The van der Waals surface area contributed by atoms with Gasteiger partial charge in [0.25, 0.3) is 0 Å². The number of ether oxygens (including phenoxy) is 1. The molecule has 1 aliphatic rings. The molecule has 7 nitrogen and oxygen atoms in total. The van der Waals surface area contributed by atoms with Gasteiger partial charge in [-0.3, -0.25) is 0 Å². The molecule has 0 unspecified atom stereocenters. The summed E-state index contributed by atoms with van der Waals surface area (Å²) in [5.74, 6) is 1.36. The van der Waals surface area contributed by atoms with Crippen molar-refractivity contribution in [2.45, 2.75) is 25.3 Å². The second-order valence-corrected chi connectivity index (χ2v) is 3.20. The Balaban J connectivity index is 1.88. The normalized spacial score (nSPS) is 15.4. The zero-order valence-electron chi connectivity index (χ0n) is 7.59. The van der Waals surface area contributed by atoms with Gasteiger partial charge in [-0.25, -0.2) is 9.48 Å². The summed E-state index contributed by atoms with van der Waals surface area (Å²) in [6, 6.07) is 0. The third-order valence-electron chi connectivity index (χ3n) is 2.05. The van der Waals surface area contributed by atoms with Crippen LogP contribution >= 0.6 is 0 Å². The van der Waals surface area contributed by atoms with E-state index in [1.54, 1.807) is 4.68 Å². The SMILES string of the molecule is NC(=O)OCCn1nnnc1C1CC1. The Bertz CT molecular complexity index is 333. The first-order valence-corrected chi connectivity index (χ1v) is 4.45. The number of aromatic nitrogens is 4. The number of nitrogens with two attached hydrogens (primary N) is 1. The van der Waals surface area contributed by atoms with E-state index in [4.69, 9.17) is 5.73 Å². The van der Waals surface area contributed by atoms with Crippen molar-refractivity contribution in [3.8, 4) is 0 Å². The summed E-state index contributed by atoms with van der Waals surface area (Å²) in [5, 5.41) is 11.3. The van der Waals surface area contributed by atoms with Crippen LogP contribution in [0.3, 0.4) is 0 Å². The van der Waals surface area contributed by atoms with Gasteiger partial charge >= 0.3 is 6.09 Å². The molecule has 1 aromatic rings. The minimum atomic E-state index is -0.772. The Hall–Kier alpha value is -1.66. The van der Waals surface area contributed by atoms with Crippen molar-refractivity contribution in [3.63, 3.8) is 0 Å². The van der Waals surface area contributed by atoms with Gasteiger partial charge in [0.05, 0.1) is 6.54 Å². The molecule has 0 aliphatic heterocycles. The summed E-state index contributed by atoms with van der Waals surface area (Å²) in [6.07, 6.45) is 1.50. The minimum Gasteiger partial charge on any atom is -0.448 e. The summed E-state index contributed by atoms with van der Waals surface area (Å²) in [6.45, 7) is 0.669. The van der Waals surface area contributed by atoms with Crippen LogP contribution in [0.2, 0.25) is 0 Å². The van der Waals surface area contributed by atoms with Crippen molar-refractivity contribution in [3.05, 3.63) is 5.82 Å². The Kier molecular flexibility index (Phi) is 2.30. The molecule has 2 rings (SSSR count). The number of hydrogen-bond donors (Lipinski definition) is 1. The Morgan fingerprint density at radius 3 is 3.07 bits per heavy atom. The van der Waals surface area contributed by atoms with Gasteiger partial charge in [-0.2, -0.15) is 0 Å². The average Bonchev–Trinajstić information content (AvgIpc) is 2.87. The number of amides is 1. The van der Waals surface area contributed by atoms with Gasteiger partial charge in [-0.15, -0.1) is 5.10 Å². The van der Waals surface area contributed by atoms with E-state index < -0.39 is 6.09 Å². The van der Waals surface area contributed by atoms with Crippen LogP contribution in [0.4, 0.5) is 4.79 Å². The molecule has 14 heavy (non-hydrogen) atoms. The molecule has 0 atom stereocenters. The van der Waals surface area contributed by atoms with Crippen LogP contribution in [-0.2, 0) is 11.3 Å². The van der Waals surface area contributed by atoms with Crippen LogP contribution in [0.25, 0.3) is 0 Å². The van der Waals surface area contributed by atoms with Crippen LogP contribution in [0.1, 0.15) is 24.6 Å². The van der Waals surface area contributed by atoms with Gasteiger partial charge in [0.1, 0.15) is 6.61 Å². The van der Waals surface area contributed by atoms with Gasteiger partial charge in [-0.05, 0) is 23.3 Å². The van der Waals surface area contributed by atoms with E-state index in [1.807, 2.05) is 0 Å². The summed E-state index contributed by atoms with van der Waals surface area (Å²) < 4.78 is 6.25. The van der Waals surface area contributed by atoms with E-state index in [-0.39, 0.29) is 6.61 Å². The molecule has 2 N–H and O–H groups in total. The standard InChI is InChI=1S/C7H11N5O2/c8-7(13)14-4-3-12-6(5-1-2-5)9-10-11-12/h5H,1-4H2,(H2,8,13). The molecule has 7 heteroatoms. The van der Waals surface area contributed by atoms with E-state index in [9.17, 15) is 4.79 Å². The molecule has 1 heterocycles. The smallest absolute Gasteiger partial charge is 0.404 e. The second kappa shape index (κ2) is 3.60. The van der Waals surface area contributed by atoms with Gasteiger partial charge in [0.2, 0.25) is 0 Å². The fourth-order valence-corrected chi connectivity index (χ4v) is 1.24. The minimum absolute atomic E-state index is 0.208. The lowest BCUT2D eigenvalue weighted by Gasteiger charge is -2.02. The number of carbonyl (C=O) groups is 1. The predicted octanol–water partition coefficient (Wildman–Crippen LogP) is -0.354. The number of nitrogens with zero attached hydrogens (tertiary/aromatic N) is 4. The lowest BCUT2D eigenvalue weighted by atomic mass is 10.4. The quantitative estimate of drug-likeness (QED) is 0.711. The third kappa shape index (κ3) is 1.98.